The molecule has 0 aromatic carbocycles. The molecule has 0 saturated heterocycles. The zero-order valence-electron chi connectivity index (χ0n) is 7.45. The van der Waals surface area contributed by atoms with Crippen molar-refractivity contribution in [2.75, 3.05) is 6.61 Å². The molecule has 0 aromatic heterocycles. The smallest absolute Gasteiger partial charge is 0.309 e. The van der Waals surface area contributed by atoms with Crippen molar-refractivity contribution in [1.82, 2.24) is 0 Å². The van der Waals surface area contributed by atoms with Crippen molar-refractivity contribution in [1.29, 1.82) is 0 Å². The Labute approximate surface area is 77.0 Å². The van der Waals surface area contributed by atoms with Gasteiger partial charge in [0.1, 0.15) is 0 Å². The highest BCUT2D eigenvalue weighted by Crippen LogP contribution is 2.12. The van der Waals surface area contributed by atoms with Gasteiger partial charge in [-0.15, -0.1) is 5.76 Å². The van der Waals surface area contributed by atoms with E-state index in [0.29, 0.717) is 12.2 Å². The van der Waals surface area contributed by atoms with E-state index < -0.39 is 5.97 Å². The molecule has 0 N–H and O–H groups in total. The lowest BCUT2D eigenvalue weighted by atomic mass is 10.2. The zero-order chi connectivity index (χ0) is 9.68. The first-order valence-electron chi connectivity index (χ1n) is 4.14. The van der Waals surface area contributed by atoms with Crippen LogP contribution in [-0.2, 0) is 9.53 Å². The summed E-state index contributed by atoms with van der Waals surface area (Å²) in [5, 5.41) is 11.3. The van der Waals surface area contributed by atoms with E-state index >= 15 is 0 Å². The molecule has 0 saturated carbocycles. The highest BCUT2D eigenvalue weighted by Gasteiger charge is 2.02. The van der Waals surface area contributed by atoms with Crippen molar-refractivity contribution >= 4 is 5.97 Å². The van der Waals surface area contributed by atoms with Crippen LogP contribution in [-0.4, -0.2) is 12.6 Å². The lowest BCUT2D eigenvalue weighted by molar-refractivity contribution is -0.306. The summed E-state index contributed by atoms with van der Waals surface area (Å²) < 4.78 is 4.65. The number of hydrogen-bond acceptors (Lipinski definition) is 3. The summed E-state index contributed by atoms with van der Waals surface area (Å²) in [6, 6.07) is 0. The maximum absolute atomic E-state index is 11.3. The van der Waals surface area contributed by atoms with Crippen molar-refractivity contribution in [2.45, 2.75) is 13.3 Å². The molecule has 0 heterocycles. The standard InChI is InChI=1S/C10H12O3/c1-2-13-10(12)7-9(11)8-5-3-4-6-8/h3-6,11H,2,7H2,1H3/p-1. The third-order valence-corrected chi connectivity index (χ3v) is 1.59. The van der Waals surface area contributed by atoms with Crippen molar-refractivity contribution in [3.8, 4) is 0 Å². The third kappa shape index (κ3) is 2.78. The van der Waals surface area contributed by atoms with Crippen LogP contribution in [0, 0.1) is 0 Å². The molecule has 0 bridgehead atoms. The van der Waals surface area contributed by atoms with Gasteiger partial charge in [-0.3, -0.25) is 4.79 Å². The number of ether oxygens (including phenoxy) is 1. The summed E-state index contributed by atoms with van der Waals surface area (Å²) in [7, 11) is 0. The molecule has 13 heavy (non-hydrogen) atoms. The Morgan fingerprint density at radius 1 is 1.46 bits per heavy atom. The van der Waals surface area contributed by atoms with E-state index in [1.165, 1.54) is 0 Å². The van der Waals surface area contributed by atoms with E-state index in [2.05, 4.69) is 4.74 Å². The fourth-order valence-electron chi connectivity index (χ4n) is 1.01. The van der Waals surface area contributed by atoms with E-state index in [1.807, 2.05) is 0 Å². The highest BCUT2D eigenvalue weighted by atomic mass is 16.5. The summed E-state index contributed by atoms with van der Waals surface area (Å²) in [5.74, 6) is -0.655. The Morgan fingerprint density at radius 2 is 2.08 bits per heavy atom. The number of hydrogen-bond donors (Lipinski definition) is 0. The van der Waals surface area contributed by atoms with Crippen molar-refractivity contribution in [2.24, 2.45) is 0 Å². The monoisotopic (exact) mass is 179 g/mol. The van der Waals surface area contributed by atoms with Crippen LogP contribution in [0.5, 0.6) is 0 Å². The van der Waals surface area contributed by atoms with E-state index in [4.69, 9.17) is 0 Å². The SMILES string of the molecule is CCOC(=O)CC([O-])=C1C=CC=C1. The van der Waals surface area contributed by atoms with Crippen LogP contribution in [0.3, 0.4) is 0 Å². The Kier molecular flexibility index (Phi) is 3.31. The average Bonchev–Trinajstić information content (AvgIpc) is 2.55. The molecule has 3 nitrogen and oxygen atoms in total. The molecular weight excluding hydrogens is 168 g/mol. The van der Waals surface area contributed by atoms with E-state index in [1.54, 1.807) is 31.2 Å². The minimum absolute atomic E-state index is 0.169. The predicted molar refractivity (Wildman–Crippen MR) is 46.6 cm³/mol. The first-order valence-corrected chi connectivity index (χ1v) is 4.14. The lowest BCUT2D eigenvalue weighted by Gasteiger charge is -2.12. The van der Waals surface area contributed by atoms with Crippen molar-refractivity contribution in [3.05, 3.63) is 35.6 Å². The zero-order valence-corrected chi connectivity index (χ0v) is 7.45. The van der Waals surface area contributed by atoms with Crippen LogP contribution >= 0.6 is 0 Å². The molecule has 0 fully saturated rings. The fraction of sp³-hybridized carbons (Fsp3) is 0.300. The quantitative estimate of drug-likeness (QED) is 0.473. The Morgan fingerprint density at radius 3 is 2.62 bits per heavy atom. The molecule has 0 atom stereocenters. The van der Waals surface area contributed by atoms with Gasteiger partial charge < -0.3 is 9.84 Å². The van der Waals surface area contributed by atoms with Gasteiger partial charge in [-0.25, -0.2) is 0 Å². The molecule has 0 aliphatic heterocycles. The fourth-order valence-corrected chi connectivity index (χ4v) is 1.01. The van der Waals surface area contributed by atoms with Gasteiger partial charge in [0.05, 0.1) is 13.0 Å². The third-order valence-electron chi connectivity index (χ3n) is 1.59. The van der Waals surface area contributed by atoms with Gasteiger partial charge in [-0.1, -0.05) is 24.3 Å². The number of esters is 1. The first-order chi connectivity index (χ1) is 6.24. The van der Waals surface area contributed by atoms with Crippen LogP contribution in [0.25, 0.3) is 0 Å². The highest BCUT2D eigenvalue weighted by molar-refractivity contribution is 5.72. The topological polar surface area (TPSA) is 49.4 Å². The van der Waals surface area contributed by atoms with Gasteiger partial charge in [0.2, 0.25) is 0 Å². The molecular formula is C10H11O3-. The van der Waals surface area contributed by atoms with Gasteiger partial charge in [0.25, 0.3) is 0 Å². The average molecular weight is 179 g/mol. The van der Waals surface area contributed by atoms with E-state index in [0.717, 1.165) is 0 Å². The second kappa shape index (κ2) is 4.50. The number of carbonyl (C=O) groups is 1. The Bertz CT molecular complexity index is 271. The van der Waals surface area contributed by atoms with Gasteiger partial charge in [-0.05, 0) is 12.5 Å². The van der Waals surface area contributed by atoms with E-state index in [-0.39, 0.29) is 12.2 Å². The summed E-state index contributed by atoms with van der Waals surface area (Å²) >= 11 is 0. The van der Waals surface area contributed by atoms with Gasteiger partial charge in [0.15, 0.2) is 0 Å². The first kappa shape index (κ1) is 9.58. The van der Waals surface area contributed by atoms with Gasteiger partial charge in [0, 0.05) is 0 Å². The molecule has 0 radical (unpaired) electrons. The van der Waals surface area contributed by atoms with Crippen LogP contribution in [0.1, 0.15) is 13.3 Å². The summed E-state index contributed by atoms with van der Waals surface area (Å²) in [6.07, 6.45) is 6.72. The molecule has 1 aliphatic carbocycles. The molecule has 0 amide bonds. The van der Waals surface area contributed by atoms with E-state index in [9.17, 15) is 9.90 Å². The number of allylic oxidation sites excluding steroid dienone is 5. The van der Waals surface area contributed by atoms with Gasteiger partial charge >= 0.3 is 5.97 Å². The van der Waals surface area contributed by atoms with Crippen LogP contribution in [0.2, 0.25) is 0 Å². The second-order valence-corrected chi connectivity index (χ2v) is 2.58. The van der Waals surface area contributed by atoms with Crippen LogP contribution < -0.4 is 5.11 Å². The minimum atomic E-state index is -0.464. The van der Waals surface area contributed by atoms with Gasteiger partial charge in [-0.2, -0.15) is 0 Å². The summed E-state index contributed by atoms with van der Waals surface area (Å²) in [6.45, 7) is 2.03. The summed E-state index contributed by atoms with van der Waals surface area (Å²) in [4.78, 5) is 10.9. The minimum Gasteiger partial charge on any atom is -0.875 e. The maximum atomic E-state index is 11.3. The Balaban J connectivity index is 2.54. The van der Waals surface area contributed by atoms with Crippen molar-refractivity contribution in [3.63, 3.8) is 0 Å². The number of rotatable bonds is 3. The largest absolute Gasteiger partial charge is 0.875 e. The molecule has 1 aliphatic rings. The summed E-state index contributed by atoms with van der Waals surface area (Å²) in [5.41, 5.74) is 0.563. The molecule has 0 aromatic rings. The predicted octanol–water partition coefficient (Wildman–Crippen LogP) is 0.680. The van der Waals surface area contributed by atoms with Crippen LogP contribution in [0.4, 0.5) is 0 Å². The molecule has 0 spiro atoms. The molecule has 1 rings (SSSR count). The number of carbonyl (C=O) groups excluding carboxylic acids is 1. The Hall–Kier alpha value is -1.51. The molecule has 3 heteroatoms. The van der Waals surface area contributed by atoms with Crippen molar-refractivity contribution < 1.29 is 14.6 Å². The maximum Gasteiger partial charge on any atom is 0.309 e. The van der Waals surface area contributed by atoms with Crippen LogP contribution in [0.15, 0.2) is 35.6 Å². The lowest BCUT2D eigenvalue weighted by Crippen LogP contribution is -2.13. The second-order valence-electron chi connectivity index (χ2n) is 2.58. The molecule has 70 valence electrons. The normalized spacial score (nSPS) is 13.5. The molecule has 0 unspecified atom stereocenters.